The number of hydrogen-bond donors (Lipinski definition) is 0. The molecular formula is C57H37NO2S. The van der Waals surface area contributed by atoms with Gasteiger partial charge in [0.05, 0.1) is 10.4 Å². The molecule has 1 aliphatic rings. The average molecular weight is 800 g/mol. The second-order valence-electron chi connectivity index (χ2n) is 16.8. The molecule has 0 aliphatic heterocycles. The summed E-state index contributed by atoms with van der Waals surface area (Å²) in [4.78, 5) is 2.46. The maximum Gasteiger partial charge on any atom is 0.144 e. The number of thiophene rings is 1. The fourth-order valence-electron chi connectivity index (χ4n) is 10.1. The van der Waals surface area contributed by atoms with Crippen LogP contribution < -0.4 is 4.90 Å². The Kier molecular flexibility index (Phi) is 7.23. The summed E-state index contributed by atoms with van der Waals surface area (Å²) in [6, 6.07) is 68.0. The molecule has 3 heterocycles. The highest BCUT2D eigenvalue weighted by Gasteiger charge is 2.36. The summed E-state index contributed by atoms with van der Waals surface area (Å²) in [6.07, 6.45) is 0. The van der Waals surface area contributed by atoms with Crippen molar-refractivity contribution >= 4 is 92.4 Å². The Balaban J connectivity index is 1.06. The highest BCUT2D eigenvalue weighted by molar-refractivity contribution is 7.26. The summed E-state index contributed by atoms with van der Waals surface area (Å²) in [7, 11) is 0. The zero-order valence-electron chi connectivity index (χ0n) is 33.6. The fraction of sp³-hybridized carbons (Fsp3) is 0.0526. The summed E-state index contributed by atoms with van der Waals surface area (Å²) >= 11 is 1.86. The van der Waals surface area contributed by atoms with Crippen molar-refractivity contribution in [2.45, 2.75) is 19.3 Å². The van der Waals surface area contributed by atoms with Crippen LogP contribution >= 0.6 is 11.3 Å². The van der Waals surface area contributed by atoms with E-state index in [0.29, 0.717) is 0 Å². The van der Waals surface area contributed by atoms with Crippen LogP contribution in [0.2, 0.25) is 0 Å². The van der Waals surface area contributed by atoms with Crippen molar-refractivity contribution < 1.29 is 8.83 Å². The molecule has 4 heteroatoms. The van der Waals surface area contributed by atoms with E-state index in [2.05, 4.69) is 201 Å². The molecule has 3 nitrogen and oxygen atoms in total. The molecule has 9 aromatic carbocycles. The topological polar surface area (TPSA) is 29.5 Å². The molecular weight excluding hydrogens is 763 g/mol. The van der Waals surface area contributed by atoms with Crippen molar-refractivity contribution in [2.24, 2.45) is 0 Å². The highest BCUT2D eigenvalue weighted by Crippen LogP contribution is 2.53. The van der Waals surface area contributed by atoms with Gasteiger partial charge in [0.15, 0.2) is 0 Å². The van der Waals surface area contributed by atoms with E-state index in [0.717, 1.165) is 72.1 Å². The van der Waals surface area contributed by atoms with Crippen LogP contribution in [0.25, 0.3) is 97.4 Å². The number of fused-ring (bicyclic) bond motifs is 12. The van der Waals surface area contributed by atoms with Gasteiger partial charge in [-0.2, -0.15) is 0 Å². The van der Waals surface area contributed by atoms with Crippen molar-refractivity contribution in [3.8, 4) is 33.4 Å². The lowest BCUT2D eigenvalue weighted by Gasteiger charge is -2.28. The average Bonchev–Trinajstić information content (AvgIpc) is 4.04. The third kappa shape index (κ3) is 5.03. The van der Waals surface area contributed by atoms with Gasteiger partial charge < -0.3 is 13.7 Å². The van der Waals surface area contributed by atoms with E-state index in [1.165, 1.54) is 53.6 Å². The first-order chi connectivity index (χ1) is 30.0. The summed E-state index contributed by atoms with van der Waals surface area (Å²) in [5, 5.41) is 6.75. The van der Waals surface area contributed by atoms with Crippen LogP contribution in [0.3, 0.4) is 0 Å². The Hall–Kier alpha value is -7.40. The molecule has 1 aliphatic carbocycles. The maximum absolute atomic E-state index is 7.00. The molecule has 0 bridgehead atoms. The van der Waals surface area contributed by atoms with E-state index in [1.54, 1.807) is 0 Å². The Bertz CT molecular complexity index is 3740. The summed E-state index contributed by atoms with van der Waals surface area (Å²) in [5.74, 6) is 0. The normalized spacial score (nSPS) is 13.2. The lowest BCUT2D eigenvalue weighted by molar-refractivity contribution is 0.660. The van der Waals surface area contributed by atoms with Gasteiger partial charge >= 0.3 is 0 Å². The van der Waals surface area contributed by atoms with E-state index < -0.39 is 0 Å². The van der Waals surface area contributed by atoms with E-state index in [9.17, 15) is 0 Å². The van der Waals surface area contributed by atoms with Crippen LogP contribution in [-0.2, 0) is 5.41 Å². The monoisotopic (exact) mass is 799 g/mol. The van der Waals surface area contributed by atoms with Crippen LogP contribution in [0.5, 0.6) is 0 Å². The number of rotatable bonds is 5. The minimum Gasteiger partial charge on any atom is -0.456 e. The quantitative estimate of drug-likeness (QED) is 0.174. The van der Waals surface area contributed by atoms with E-state index in [1.807, 2.05) is 17.4 Å². The maximum atomic E-state index is 7.00. The van der Waals surface area contributed by atoms with Gasteiger partial charge in [-0.1, -0.05) is 147 Å². The Morgan fingerprint density at radius 2 is 1.11 bits per heavy atom. The molecule has 0 fully saturated rings. The van der Waals surface area contributed by atoms with Gasteiger partial charge in [0.1, 0.15) is 22.3 Å². The lowest BCUT2D eigenvalue weighted by atomic mass is 9.82. The molecule has 0 saturated heterocycles. The smallest absolute Gasteiger partial charge is 0.144 e. The molecule has 0 saturated carbocycles. The van der Waals surface area contributed by atoms with Crippen molar-refractivity contribution in [3.05, 3.63) is 199 Å². The number of anilines is 3. The molecule has 0 atom stereocenters. The first kappa shape index (κ1) is 34.5. The van der Waals surface area contributed by atoms with Gasteiger partial charge in [0, 0.05) is 59.4 Å². The molecule has 0 amide bonds. The van der Waals surface area contributed by atoms with Gasteiger partial charge in [0.25, 0.3) is 0 Å². The molecule has 61 heavy (non-hydrogen) atoms. The van der Waals surface area contributed by atoms with Crippen molar-refractivity contribution in [3.63, 3.8) is 0 Å². The third-order valence-electron chi connectivity index (χ3n) is 13.1. The molecule has 12 aromatic rings. The van der Waals surface area contributed by atoms with Crippen LogP contribution in [0, 0.1) is 0 Å². The second kappa shape index (κ2) is 12.8. The molecule has 0 unspecified atom stereocenters. The van der Waals surface area contributed by atoms with Gasteiger partial charge in [-0.25, -0.2) is 0 Å². The second-order valence-corrected chi connectivity index (χ2v) is 17.9. The predicted octanol–water partition coefficient (Wildman–Crippen LogP) is 17.0. The zero-order chi connectivity index (χ0) is 40.4. The number of nitrogens with zero attached hydrogens (tertiary/aromatic N) is 1. The molecule has 0 N–H and O–H groups in total. The minimum atomic E-state index is -0.143. The van der Waals surface area contributed by atoms with Gasteiger partial charge in [-0.3, -0.25) is 0 Å². The summed E-state index contributed by atoms with van der Waals surface area (Å²) in [6.45, 7) is 4.71. The molecule has 13 rings (SSSR count). The Morgan fingerprint density at radius 3 is 2.00 bits per heavy atom. The summed E-state index contributed by atoms with van der Waals surface area (Å²) < 4.78 is 16.2. The van der Waals surface area contributed by atoms with Crippen LogP contribution in [0.15, 0.2) is 197 Å². The van der Waals surface area contributed by atoms with E-state index >= 15 is 0 Å². The van der Waals surface area contributed by atoms with Gasteiger partial charge in [-0.05, 0) is 93.5 Å². The van der Waals surface area contributed by atoms with Crippen molar-refractivity contribution in [2.75, 3.05) is 4.90 Å². The highest BCUT2D eigenvalue weighted by atomic mass is 32.1. The zero-order valence-corrected chi connectivity index (χ0v) is 34.4. The minimum absolute atomic E-state index is 0.143. The largest absolute Gasteiger partial charge is 0.456 e. The first-order valence-corrected chi connectivity index (χ1v) is 21.7. The number of para-hydroxylation sites is 1. The summed E-state index contributed by atoms with van der Waals surface area (Å²) in [5.41, 5.74) is 16.4. The fourth-order valence-corrected chi connectivity index (χ4v) is 11.3. The number of benzene rings is 9. The van der Waals surface area contributed by atoms with E-state index in [-0.39, 0.29) is 5.41 Å². The lowest BCUT2D eigenvalue weighted by Crippen LogP contribution is -2.16. The standard InChI is InChI=1S/C57H37NO2S/c1-57(2)46-19-9-6-15-39(46)40-29-27-38(32-47(40)57)58(48-20-12-18-42-41-16-8-11-22-52(41)61-56(42)48)37-28-30-50-44(31-37)45-33-51-54(43-17-7-10-21-49(43)59-51)53(55(45)60-50)36-25-23-35(24-26-36)34-13-4-3-5-14-34/h3-33H,1-2H3. The van der Waals surface area contributed by atoms with Gasteiger partial charge in [-0.15, -0.1) is 11.3 Å². The Morgan fingerprint density at radius 1 is 0.443 bits per heavy atom. The van der Waals surface area contributed by atoms with Crippen LogP contribution in [0.4, 0.5) is 17.1 Å². The SMILES string of the molecule is CC1(C)c2ccccc2-c2ccc(N(c3ccc4oc5c(-c6ccc(-c7ccccc7)cc6)c6c(cc5c4c3)oc3ccccc36)c3cccc4c3sc3ccccc34)cc21. The number of furan rings is 2. The molecule has 0 radical (unpaired) electrons. The van der Waals surface area contributed by atoms with Crippen molar-refractivity contribution in [1.82, 2.24) is 0 Å². The Labute approximate surface area is 356 Å². The van der Waals surface area contributed by atoms with E-state index in [4.69, 9.17) is 8.83 Å². The molecule has 0 spiro atoms. The predicted molar refractivity (Wildman–Crippen MR) is 257 cm³/mol. The molecule has 288 valence electrons. The third-order valence-corrected chi connectivity index (χ3v) is 14.3. The van der Waals surface area contributed by atoms with Crippen LogP contribution in [-0.4, -0.2) is 0 Å². The van der Waals surface area contributed by atoms with Gasteiger partial charge in [0.2, 0.25) is 0 Å². The van der Waals surface area contributed by atoms with Crippen LogP contribution in [0.1, 0.15) is 25.0 Å². The number of hydrogen-bond acceptors (Lipinski definition) is 4. The molecule has 3 aromatic heterocycles. The van der Waals surface area contributed by atoms with Crippen molar-refractivity contribution in [1.29, 1.82) is 0 Å². The first-order valence-electron chi connectivity index (χ1n) is 20.9.